The highest BCUT2D eigenvalue weighted by atomic mass is 79.9. The number of amides is 1. The van der Waals surface area contributed by atoms with E-state index in [1.54, 1.807) is 4.57 Å². The van der Waals surface area contributed by atoms with E-state index in [9.17, 15) is 9.59 Å². The van der Waals surface area contributed by atoms with Crippen molar-refractivity contribution in [2.75, 3.05) is 11.1 Å². The van der Waals surface area contributed by atoms with Gasteiger partial charge in [0.15, 0.2) is 5.16 Å². The van der Waals surface area contributed by atoms with Crippen LogP contribution < -0.4 is 11.0 Å². The highest BCUT2D eigenvalue weighted by molar-refractivity contribution is 9.10. The molecule has 1 aromatic heterocycles. The maximum atomic E-state index is 12.0. The van der Waals surface area contributed by atoms with E-state index in [0.717, 1.165) is 22.1 Å². The third-order valence-corrected chi connectivity index (χ3v) is 4.53. The van der Waals surface area contributed by atoms with Crippen LogP contribution in [0.25, 0.3) is 0 Å². The van der Waals surface area contributed by atoms with E-state index in [1.807, 2.05) is 32.0 Å². The summed E-state index contributed by atoms with van der Waals surface area (Å²) in [4.78, 5) is 23.6. The topological polar surface area (TPSA) is 79.8 Å². The number of halogens is 1. The van der Waals surface area contributed by atoms with Crippen molar-refractivity contribution >= 4 is 39.3 Å². The molecule has 0 aliphatic carbocycles. The van der Waals surface area contributed by atoms with Gasteiger partial charge in [0.1, 0.15) is 0 Å². The van der Waals surface area contributed by atoms with Gasteiger partial charge in [0, 0.05) is 11.0 Å². The lowest BCUT2D eigenvalue weighted by Gasteiger charge is -2.08. The van der Waals surface area contributed by atoms with Crippen molar-refractivity contribution in [3.8, 4) is 0 Å². The number of anilines is 1. The molecule has 0 bridgehead atoms. The Balaban J connectivity index is 1.97. The van der Waals surface area contributed by atoms with Crippen LogP contribution in [0, 0.1) is 6.92 Å². The zero-order valence-electron chi connectivity index (χ0n) is 12.4. The summed E-state index contributed by atoms with van der Waals surface area (Å²) >= 11 is 4.66. The molecule has 2 rings (SSSR count). The molecule has 118 valence electrons. The van der Waals surface area contributed by atoms with E-state index in [0.29, 0.717) is 11.7 Å². The van der Waals surface area contributed by atoms with Crippen LogP contribution in [0.5, 0.6) is 0 Å². The predicted octanol–water partition coefficient (Wildman–Crippen LogP) is 2.78. The normalized spacial score (nSPS) is 10.7. The van der Waals surface area contributed by atoms with E-state index in [4.69, 9.17) is 0 Å². The second-order valence-corrected chi connectivity index (χ2v) is 6.58. The number of rotatable bonds is 6. The molecule has 0 saturated carbocycles. The van der Waals surface area contributed by atoms with Crippen molar-refractivity contribution in [3.05, 3.63) is 38.7 Å². The minimum absolute atomic E-state index is 0.145. The molecular formula is C14H17BrN4O2S. The number of H-pyrrole nitrogens is 1. The van der Waals surface area contributed by atoms with Crippen LogP contribution >= 0.6 is 27.7 Å². The summed E-state index contributed by atoms with van der Waals surface area (Å²) in [5.41, 5.74) is 1.59. The molecule has 0 atom stereocenters. The molecule has 2 N–H and O–H groups in total. The fourth-order valence-corrected chi connectivity index (χ4v) is 3.24. The molecule has 1 heterocycles. The second-order valence-electron chi connectivity index (χ2n) is 4.78. The number of thioether (sulfide) groups is 1. The molecular weight excluding hydrogens is 368 g/mol. The SMILES string of the molecule is CCCn1c(SCC(=O)Nc2ccc(C)cc2Br)n[nH]c1=O. The van der Waals surface area contributed by atoms with Gasteiger partial charge in [-0.25, -0.2) is 9.89 Å². The Kier molecular flexibility index (Phi) is 5.84. The number of aromatic nitrogens is 3. The maximum absolute atomic E-state index is 12.0. The lowest BCUT2D eigenvalue weighted by atomic mass is 10.2. The van der Waals surface area contributed by atoms with Crippen LogP contribution in [0.2, 0.25) is 0 Å². The summed E-state index contributed by atoms with van der Waals surface area (Å²) in [6.07, 6.45) is 0.829. The molecule has 8 heteroatoms. The van der Waals surface area contributed by atoms with Crippen LogP contribution in [0.3, 0.4) is 0 Å². The summed E-state index contributed by atoms with van der Waals surface area (Å²) in [6, 6.07) is 5.72. The lowest BCUT2D eigenvalue weighted by molar-refractivity contribution is -0.113. The number of carbonyl (C=O) groups excluding carboxylic acids is 1. The van der Waals surface area contributed by atoms with Gasteiger partial charge in [-0.15, -0.1) is 5.10 Å². The van der Waals surface area contributed by atoms with Gasteiger partial charge in [0.25, 0.3) is 0 Å². The smallest absolute Gasteiger partial charge is 0.324 e. The monoisotopic (exact) mass is 384 g/mol. The molecule has 0 aliphatic rings. The van der Waals surface area contributed by atoms with Gasteiger partial charge in [-0.2, -0.15) is 0 Å². The molecule has 0 fully saturated rings. The number of aromatic amines is 1. The fourth-order valence-electron chi connectivity index (χ4n) is 1.87. The Morgan fingerprint density at radius 2 is 2.27 bits per heavy atom. The van der Waals surface area contributed by atoms with E-state index >= 15 is 0 Å². The van der Waals surface area contributed by atoms with Crippen LogP contribution in [0.4, 0.5) is 5.69 Å². The highest BCUT2D eigenvalue weighted by Gasteiger charge is 2.11. The molecule has 2 aromatic rings. The zero-order chi connectivity index (χ0) is 16.1. The number of benzene rings is 1. The standard InChI is InChI=1S/C14H17BrN4O2S/c1-3-6-19-13(21)17-18-14(19)22-8-12(20)16-11-5-4-9(2)7-10(11)15/h4-5,7H,3,6,8H2,1-2H3,(H,16,20)(H,17,21). The molecule has 6 nitrogen and oxygen atoms in total. The first kappa shape index (κ1) is 16.8. The molecule has 0 spiro atoms. The predicted molar refractivity (Wildman–Crippen MR) is 91.4 cm³/mol. The first-order chi connectivity index (χ1) is 10.5. The van der Waals surface area contributed by atoms with Gasteiger partial charge in [-0.05, 0) is 47.0 Å². The molecule has 0 saturated heterocycles. The zero-order valence-corrected chi connectivity index (χ0v) is 14.8. The highest BCUT2D eigenvalue weighted by Crippen LogP contribution is 2.24. The van der Waals surface area contributed by atoms with Crippen LogP contribution in [0.15, 0.2) is 32.6 Å². The minimum Gasteiger partial charge on any atom is -0.324 e. The van der Waals surface area contributed by atoms with Gasteiger partial charge in [0.05, 0.1) is 11.4 Å². The van der Waals surface area contributed by atoms with Crippen molar-refractivity contribution < 1.29 is 4.79 Å². The van der Waals surface area contributed by atoms with Gasteiger partial charge in [-0.3, -0.25) is 9.36 Å². The van der Waals surface area contributed by atoms with Gasteiger partial charge in [0.2, 0.25) is 5.91 Å². The number of nitrogens with one attached hydrogen (secondary N) is 2. The minimum atomic E-state index is -0.244. The average molecular weight is 385 g/mol. The van der Waals surface area contributed by atoms with Crippen molar-refractivity contribution in [2.24, 2.45) is 0 Å². The quantitative estimate of drug-likeness (QED) is 0.750. The van der Waals surface area contributed by atoms with Crippen molar-refractivity contribution in [1.82, 2.24) is 14.8 Å². The molecule has 0 aliphatic heterocycles. The van der Waals surface area contributed by atoms with Crippen molar-refractivity contribution in [3.63, 3.8) is 0 Å². The molecule has 0 unspecified atom stereocenters. The number of aryl methyl sites for hydroxylation is 1. The molecule has 1 aromatic carbocycles. The number of nitrogens with zero attached hydrogens (tertiary/aromatic N) is 2. The van der Waals surface area contributed by atoms with Crippen molar-refractivity contribution in [2.45, 2.75) is 32.0 Å². The van der Waals surface area contributed by atoms with E-state index in [1.165, 1.54) is 11.8 Å². The maximum Gasteiger partial charge on any atom is 0.343 e. The van der Waals surface area contributed by atoms with E-state index in [-0.39, 0.29) is 17.3 Å². The largest absolute Gasteiger partial charge is 0.343 e. The number of hydrogen-bond donors (Lipinski definition) is 2. The summed E-state index contributed by atoms with van der Waals surface area (Å²) in [7, 11) is 0. The Morgan fingerprint density at radius 3 is 2.95 bits per heavy atom. The first-order valence-corrected chi connectivity index (χ1v) is 8.63. The van der Waals surface area contributed by atoms with Gasteiger partial charge >= 0.3 is 5.69 Å². The average Bonchev–Trinajstić information content (AvgIpc) is 2.81. The fraction of sp³-hybridized carbons (Fsp3) is 0.357. The third kappa shape index (κ3) is 4.23. The van der Waals surface area contributed by atoms with Crippen LogP contribution in [-0.4, -0.2) is 26.4 Å². The van der Waals surface area contributed by atoms with Crippen LogP contribution in [0.1, 0.15) is 18.9 Å². The number of hydrogen-bond acceptors (Lipinski definition) is 4. The molecule has 0 radical (unpaired) electrons. The summed E-state index contributed by atoms with van der Waals surface area (Å²) < 4.78 is 2.38. The summed E-state index contributed by atoms with van der Waals surface area (Å²) in [6.45, 7) is 4.55. The Bertz CT molecular complexity index is 726. The summed E-state index contributed by atoms with van der Waals surface area (Å²) in [5.74, 6) is 0.0435. The Labute approximate surface area is 140 Å². The van der Waals surface area contributed by atoms with Gasteiger partial charge in [-0.1, -0.05) is 24.8 Å². The Hall–Kier alpha value is -1.54. The third-order valence-electron chi connectivity index (χ3n) is 2.90. The first-order valence-electron chi connectivity index (χ1n) is 6.85. The van der Waals surface area contributed by atoms with E-state index < -0.39 is 0 Å². The van der Waals surface area contributed by atoms with Crippen LogP contribution in [-0.2, 0) is 11.3 Å². The van der Waals surface area contributed by atoms with Gasteiger partial charge < -0.3 is 5.32 Å². The Morgan fingerprint density at radius 1 is 1.50 bits per heavy atom. The lowest BCUT2D eigenvalue weighted by Crippen LogP contribution is -2.18. The second kappa shape index (κ2) is 7.64. The molecule has 1 amide bonds. The summed E-state index contributed by atoms with van der Waals surface area (Å²) in [5, 5.41) is 9.72. The van der Waals surface area contributed by atoms with E-state index in [2.05, 4.69) is 31.4 Å². The molecule has 22 heavy (non-hydrogen) atoms. The number of carbonyl (C=O) groups is 1. The van der Waals surface area contributed by atoms with Crippen molar-refractivity contribution in [1.29, 1.82) is 0 Å².